The smallest absolute Gasteiger partial charge is 0.409 e. The highest BCUT2D eigenvalue weighted by Crippen LogP contribution is 2.10. The van der Waals surface area contributed by atoms with Gasteiger partial charge in [-0.1, -0.05) is 0 Å². The number of rotatable bonds is 5. The molecule has 1 aliphatic heterocycles. The minimum Gasteiger partial charge on any atom is -0.449 e. The first-order chi connectivity index (χ1) is 8.38. The van der Waals surface area contributed by atoms with Crippen molar-refractivity contribution in [3.05, 3.63) is 0 Å². The van der Waals surface area contributed by atoms with Crippen molar-refractivity contribution in [2.75, 3.05) is 26.0 Å². The van der Waals surface area contributed by atoms with E-state index in [2.05, 4.69) is 0 Å². The first-order valence-electron chi connectivity index (χ1n) is 6.18. The van der Waals surface area contributed by atoms with Crippen molar-refractivity contribution in [2.45, 2.75) is 38.7 Å². The first-order valence-corrected chi connectivity index (χ1v) is 8.00. The second-order valence-electron chi connectivity index (χ2n) is 4.56. The van der Waals surface area contributed by atoms with E-state index in [1.54, 1.807) is 11.8 Å². The Hall–Kier alpha value is -0.820. The molecule has 106 valence electrons. The van der Waals surface area contributed by atoms with Crippen LogP contribution < -0.4 is 0 Å². The fraction of sp³-hybridized carbons (Fsp3) is 0.909. The molecule has 0 aliphatic carbocycles. The van der Waals surface area contributed by atoms with Crippen molar-refractivity contribution in [3.63, 3.8) is 0 Å². The molecular weight excluding hydrogens is 258 g/mol. The second kappa shape index (κ2) is 6.94. The van der Waals surface area contributed by atoms with Crippen LogP contribution in [-0.2, 0) is 19.0 Å². The Kier molecular flexibility index (Phi) is 5.87. The molecule has 0 saturated carbocycles. The zero-order valence-electron chi connectivity index (χ0n) is 10.9. The molecule has 1 heterocycles. The van der Waals surface area contributed by atoms with Gasteiger partial charge < -0.3 is 9.64 Å². The number of hydrogen-bond donors (Lipinski definition) is 0. The molecular formula is C11H21NO5S. The van der Waals surface area contributed by atoms with Gasteiger partial charge in [-0.15, -0.1) is 0 Å². The summed E-state index contributed by atoms with van der Waals surface area (Å²) in [5.74, 6) is 0. The molecule has 0 aromatic heterocycles. The molecule has 0 N–H and O–H groups in total. The van der Waals surface area contributed by atoms with Gasteiger partial charge in [0.1, 0.15) is 0 Å². The molecule has 1 fully saturated rings. The lowest BCUT2D eigenvalue weighted by Crippen LogP contribution is -2.36. The fourth-order valence-corrected chi connectivity index (χ4v) is 2.52. The van der Waals surface area contributed by atoms with Gasteiger partial charge in [-0.05, 0) is 26.2 Å². The standard InChI is InChI=1S/C11H21NO5S/c1-10(17-18(2,14)15)6-9-16-11(13)12-7-4-3-5-8-12/h10H,3-9H2,1-2H3. The lowest BCUT2D eigenvalue weighted by atomic mass is 10.1. The maximum Gasteiger partial charge on any atom is 0.409 e. The van der Waals surface area contributed by atoms with Crippen molar-refractivity contribution in [1.82, 2.24) is 4.90 Å². The highest BCUT2D eigenvalue weighted by atomic mass is 32.2. The number of ether oxygens (including phenoxy) is 1. The van der Waals surface area contributed by atoms with Gasteiger partial charge in [0.25, 0.3) is 10.1 Å². The molecule has 6 nitrogen and oxygen atoms in total. The predicted octanol–water partition coefficient (Wildman–Crippen LogP) is 1.36. The fourth-order valence-electron chi connectivity index (χ4n) is 1.83. The summed E-state index contributed by atoms with van der Waals surface area (Å²) in [6.07, 6.45) is 3.76. The van der Waals surface area contributed by atoms with Crippen LogP contribution >= 0.6 is 0 Å². The van der Waals surface area contributed by atoms with Crippen LogP contribution in [0.15, 0.2) is 0 Å². The van der Waals surface area contributed by atoms with E-state index >= 15 is 0 Å². The Morgan fingerprint density at radius 1 is 1.28 bits per heavy atom. The molecule has 1 unspecified atom stereocenters. The summed E-state index contributed by atoms with van der Waals surface area (Å²) in [5.41, 5.74) is 0. The zero-order chi connectivity index (χ0) is 13.6. The summed E-state index contributed by atoms with van der Waals surface area (Å²) >= 11 is 0. The third-order valence-corrected chi connectivity index (χ3v) is 3.38. The summed E-state index contributed by atoms with van der Waals surface area (Å²) in [6, 6.07) is 0. The van der Waals surface area contributed by atoms with Gasteiger partial charge in [-0.2, -0.15) is 8.42 Å². The van der Waals surface area contributed by atoms with Crippen LogP contribution in [0.4, 0.5) is 4.79 Å². The minimum atomic E-state index is -3.45. The third-order valence-electron chi connectivity index (χ3n) is 2.70. The van der Waals surface area contributed by atoms with E-state index in [-0.39, 0.29) is 12.7 Å². The van der Waals surface area contributed by atoms with Crippen LogP contribution in [0.1, 0.15) is 32.6 Å². The molecule has 1 rings (SSSR count). The number of hydrogen-bond acceptors (Lipinski definition) is 5. The molecule has 0 spiro atoms. The van der Waals surface area contributed by atoms with E-state index in [1.165, 1.54) is 0 Å². The molecule has 0 bridgehead atoms. The van der Waals surface area contributed by atoms with Gasteiger partial charge >= 0.3 is 6.09 Å². The molecule has 18 heavy (non-hydrogen) atoms. The van der Waals surface area contributed by atoms with Crippen molar-refractivity contribution >= 4 is 16.2 Å². The number of amides is 1. The Bertz CT molecular complexity index is 362. The van der Waals surface area contributed by atoms with Crippen LogP contribution in [0, 0.1) is 0 Å². The summed E-state index contributed by atoms with van der Waals surface area (Å²) < 4.78 is 31.5. The Morgan fingerprint density at radius 2 is 1.89 bits per heavy atom. The molecule has 1 atom stereocenters. The number of nitrogens with zero attached hydrogens (tertiary/aromatic N) is 1. The van der Waals surface area contributed by atoms with Gasteiger partial charge in [0.05, 0.1) is 19.0 Å². The minimum absolute atomic E-state index is 0.173. The second-order valence-corrected chi connectivity index (χ2v) is 6.16. The van der Waals surface area contributed by atoms with E-state index < -0.39 is 16.2 Å². The molecule has 0 radical (unpaired) electrons. The molecule has 1 amide bonds. The quantitative estimate of drug-likeness (QED) is 0.711. The lowest BCUT2D eigenvalue weighted by molar-refractivity contribution is 0.0835. The summed E-state index contributed by atoms with van der Waals surface area (Å²) in [5, 5.41) is 0. The maximum absolute atomic E-state index is 11.6. The summed E-state index contributed by atoms with van der Waals surface area (Å²) in [6.45, 7) is 3.30. The zero-order valence-corrected chi connectivity index (χ0v) is 11.7. The summed E-state index contributed by atoms with van der Waals surface area (Å²) in [7, 11) is -3.45. The molecule has 1 saturated heterocycles. The molecule has 1 aliphatic rings. The third kappa shape index (κ3) is 6.20. The topological polar surface area (TPSA) is 72.9 Å². The van der Waals surface area contributed by atoms with Crippen LogP contribution in [-0.4, -0.2) is 51.5 Å². The van der Waals surface area contributed by atoms with Gasteiger partial charge in [0, 0.05) is 19.5 Å². The SMILES string of the molecule is CC(CCOC(=O)N1CCCCC1)OS(C)(=O)=O. The maximum atomic E-state index is 11.6. The Labute approximate surface area is 108 Å². The molecule has 0 aromatic carbocycles. The van der Waals surface area contributed by atoms with Crippen LogP contribution in [0.5, 0.6) is 0 Å². The molecule has 0 aromatic rings. The number of carbonyl (C=O) groups excluding carboxylic acids is 1. The van der Waals surface area contributed by atoms with Gasteiger partial charge in [0.15, 0.2) is 0 Å². The Morgan fingerprint density at radius 3 is 2.44 bits per heavy atom. The van der Waals surface area contributed by atoms with E-state index in [1.807, 2.05) is 0 Å². The van der Waals surface area contributed by atoms with Crippen LogP contribution in [0.25, 0.3) is 0 Å². The predicted molar refractivity (Wildman–Crippen MR) is 66.8 cm³/mol. The van der Waals surface area contributed by atoms with Crippen molar-refractivity contribution < 1.29 is 22.1 Å². The van der Waals surface area contributed by atoms with Gasteiger partial charge in [-0.3, -0.25) is 4.18 Å². The van der Waals surface area contributed by atoms with Crippen molar-refractivity contribution in [1.29, 1.82) is 0 Å². The Balaban J connectivity index is 2.18. The average molecular weight is 279 g/mol. The highest BCUT2D eigenvalue weighted by molar-refractivity contribution is 7.86. The number of piperidine rings is 1. The van der Waals surface area contributed by atoms with E-state index in [9.17, 15) is 13.2 Å². The largest absolute Gasteiger partial charge is 0.449 e. The van der Waals surface area contributed by atoms with Crippen molar-refractivity contribution in [3.8, 4) is 0 Å². The highest BCUT2D eigenvalue weighted by Gasteiger charge is 2.18. The first kappa shape index (κ1) is 15.2. The summed E-state index contributed by atoms with van der Waals surface area (Å²) in [4.78, 5) is 13.3. The average Bonchev–Trinajstić information content (AvgIpc) is 2.27. The van der Waals surface area contributed by atoms with E-state index in [0.717, 1.165) is 38.6 Å². The molecule has 7 heteroatoms. The monoisotopic (exact) mass is 279 g/mol. The van der Waals surface area contributed by atoms with Crippen LogP contribution in [0.3, 0.4) is 0 Å². The number of carbonyl (C=O) groups is 1. The normalized spacial score (nSPS) is 18.4. The van der Waals surface area contributed by atoms with Gasteiger partial charge in [0.2, 0.25) is 0 Å². The van der Waals surface area contributed by atoms with Crippen LogP contribution in [0.2, 0.25) is 0 Å². The van der Waals surface area contributed by atoms with E-state index in [4.69, 9.17) is 8.92 Å². The van der Waals surface area contributed by atoms with E-state index in [0.29, 0.717) is 6.42 Å². The van der Waals surface area contributed by atoms with Crippen molar-refractivity contribution in [2.24, 2.45) is 0 Å². The lowest BCUT2D eigenvalue weighted by Gasteiger charge is -2.26. The van der Waals surface area contributed by atoms with Gasteiger partial charge in [-0.25, -0.2) is 4.79 Å². The number of likely N-dealkylation sites (tertiary alicyclic amines) is 1.